The number of nitrogens with one attached hydrogen (secondary N) is 2. The van der Waals surface area contributed by atoms with Crippen molar-refractivity contribution >= 4 is 11.7 Å². The van der Waals surface area contributed by atoms with E-state index in [-0.39, 0.29) is 23.7 Å². The molecule has 1 aliphatic heterocycles. The monoisotopic (exact) mass is 475 g/mol. The molecule has 3 heterocycles. The number of benzene rings is 1. The molecular weight excluding hydrogens is 446 g/mol. The number of carbonyl (C=O) groups is 1. The molecule has 182 valence electrons. The summed E-state index contributed by atoms with van der Waals surface area (Å²) in [6.07, 6.45) is 6.46. The molecule has 6 rings (SSSR count). The van der Waals surface area contributed by atoms with Gasteiger partial charge in [0.15, 0.2) is 18.1 Å². The summed E-state index contributed by atoms with van der Waals surface area (Å²) in [7, 11) is 0. The van der Waals surface area contributed by atoms with E-state index in [1.807, 2.05) is 38.1 Å². The predicted octanol–water partition coefficient (Wildman–Crippen LogP) is 3.44. The third kappa shape index (κ3) is 4.31. The fourth-order valence-electron chi connectivity index (χ4n) is 4.94. The number of hydrogen-bond acceptors (Lipinski definition) is 6. The number of aromatic amines is 1. The smallest absolute Gasteiger partial charge is 0.263 e. The predicted molar refractivity (Wildman–Crippen MR) is 130 cm³/mol. The second kappa shape index (κ2) is 8.25. The summed E-state index contributed by atoms with van der Waals surface area (Å²) in [5.41, 5.74) is 3.11. The van der Waals surface area contributed by atoms with Gasteiger partial charge in [0, 0.05) is 29.5 Å². The van der Waals surface area contributed by atoms with Crippen LogP contribution in [-0.2, 0) is 24.1 Å². The summed E-state index contributed by atoms with van der Waals surface area (Å²) < 4.78 is 13.4. The minimum absolute atomic E-state index is 0.130. The Bertz CT molecular complexity index is 1370. The van der Waals surface area contributed by atoms with Crippen LogP contribution in [-0.4, -0.2) is 37.9 Å². The van der Waals surface area contributed by atoms with Gasteiger partial charge in [-0.15, -0.1) is 0 Å². The zero-order valence-corrected chi connectivity index (χ0v) is 20.0. The third-order valence-electron chi connectivity index (χ3n) is 6.78. The number of carbonyl (C=O) groups excluding carboxylic acids is 1. The van der Waals surface area contributed by atoms with Crippen LogP contribution < -0.4 is 20.3 Å². The van der Waals surface area contributed by atoms with E-state index in [0.29, 0.717) is 29.2 Å². The molecule has 2 aliphatic carbocycles. The van der Waals surface area contributed by atoms with Crippen molar-refractivity contribution in [3.8, 4) is 17.4 Å². The number of H-pyrrole nitrogens is 1. The van der Waals surface area contributed by atoms with Gasteiger partial charge in [0.05, 0.1) is 11.4 Å². The summed E-state index contributed by atoms with van der Waals surface area (Å²) in [5.74, 6) is 2.09. The number of aryl methyl sites for hydroxylation is 1. The maximum atomic E-state index is 12.9. The van der Waals surface area contributed by atoms with E-state index in [9.17, 15) is 9.59 Å². The Morgan fingerprint density at radius 2 is 2.11 bits per heavy atom. The van der Waals surface area contributed by atoms with Gasteiger partial charge in [-0.2, -0.15) is 9.78 Å². The molecule has 1 fully saturated rings. The molecule has 0 bridgehead atoms. The minimum atomic E-state index is -0.330. The largest absolute Gasteiger partial charge is 0.483 e. The molecule has 2 aromatic heterocycles. The van der Waals surface area contributed by atoms with Crippen LogP contribution in [0.4, 0.5) is 5.82 Å². The average Bonchev–Trinajstić information content (AvgIpc) is 3.51. The lowest BCUT2D eigenvalue weighted by atomic mass is 9.97. The van der Waals surface area contributed by atoms with Crippen molar-refractivity contribution in [3.63, 3.8) is 0 Å². The van der Waals surface area contributed by atoms with Gasteiger partial charge in [-0.05, 0) is 58.4 Å². The molecule has 3 aromatic rings. The minimum Gasteiger partial charge on any atom is -0.483 e. The van der Waals surface area contributed by atoms with Crippen molar-refractivity contribution in [2.45, 2.75) is 70.3 Å². The molecule has 1 aromatic carbocycles. The van der Waals surface area contributed by atoms with Crippen molar-refractivity contribution in [3.05, 3.63) is 57.1 Å². The number of aromatic nitrogens is 4. The van der Waals surface area contributed by atoms with Gasteiger partial charge >= 0.3 is 0 Å². The molecule has 0 saturated heterocycles. The first-order valence-electron chi connectivity index (χ1n) is 12.3. The number of ether oxygens (including phenoxy) is 2. The highest BCUT2D eigenvalue weighted by atomic mass is 16.5. The molecule has 0 radical (unpaired) electrons. The van der Waals surface area contributed by atoms with Crippen molar-refractivity contribution in [1.29, 1.82) is 0 Å². The van der Waals surface area contributed by atoms with E-state index in [2.05, 4.69) is 15.4 Å². The van der Waals surface area contributed by atoms with Crippen molar-refractivity contribution in [2.75, 3.05) is 11.9 Å². The second-order valence-corrected chi connectivity index (χ2v) is 10.3. The van der Waals surface area contributed by atoms with Crippen LogP contribution in [0.1, 0.15) is 68.0 Å². The number of rotatable bonds is 6. The summed E-state index contributed by atoms with van der Waals surface area (Å²) in [4.78, 5) is 33.1. The fourth-order valence-corrected chi connectivity index (χ4v) is 4.94. The van der Waals surface area contributed by atoms with Gasteiger partial charge in [-0.3, -0.25) is 14.6 Å². The average molecular weight is 476 g/mol. The first kappa shape index (κ1) is 21.9. The molecule has 3 aliphatic rings. The van der Waals surface area contributed by atoms with Gasteiger partial charge in [-0.1, -0.05) is 12.1 Å². The van der Waals surface area contributed by atoms with Gasteiger partial charge in [0.2, 0.25) is 5.95 Å². The molecule has 35 heavy (non-hydrogen) atoms. The summed E-state index contributed by atoms with van der Waals surface area (Å²) in [6, 6.07) is 7.60. The number of hydrogen-bond donors (Lipinski definition) is 2. The quantitative estimate of drug-likeness (QED) is 0.565. The maximum absolute atomic E-state index is 12.9. The van der Waals surface area contributed by atoms with Crippen LogP contribution in [0.5, 0.6) is 11.5 Å². The Hall–Kier alpha value is -3.62. The van der Waals surface area contributed by atoms with Crippen LogP contribution in [0.25, 0.3) is 5.95 Å². The SMILES string of the molecule is CC1(C)Cc2cccc(OCC(=O)Nc3cc(C4CC4)nn3-c3nc4c(c(=O)[nH]3)CCCC4)c2O1. The normalized spacial score (nSPS) is 17.9. The lowest BCUT2D eigenvalue weighted by Gasteiger charge is -2.18. The Morgan fingerprint density at radius 1 is 1.29 bits per heavy atom. The van der Waals surface area contributed by atoms with Crippen LogP contribution >= 0.6 is 0 Å². The standard InChI is InChI=1S/C26H29N5O4/c1-26(2)13-16-6-5-9-20(23(16)35-26)34-14-22(32)28-21-12-19(15-10-11-15)30-31(21)25-27-18-8-4-3-7-17(18)24(33)29-25/h5-6,9,12,15H,3-4,7-8,10-11,13-14H2,1-2H3,(H,28,32)(H,27,29,33). The van der Waals surface area contributed by atoms with Crippen molar-refractivity contribution in [1.82, 2.24) is 19.7 Å². The fraction of sp³-hybridized carbons (Fsp3) is 0.462. The van der Waals surface area contributed by atoms with Crippen LogP contribution in [0.2, 0.25) is 0 Å². The number of anilines is 1. The lowest BCUT2D eigenvalue weighted by Crippen LogP contribution is -2.26. The molecule has 0 atom stereocenters. The number of fused-ring (bicyclic) bond motifs is 2. The van der Waals surface area contributed by atoms with Crippen LogP contribution in [0.3, 0.4) is 0 Å². The highest BCUT2D eigenvalue weighted by Gasteiger charge is 2.33. The number of para-hydroxylation sites is 1. The van der Waals surface area contributed by atoms with Gasteiger partial charge in [-0.25, -0.2) is 4.98 Å². The summed E-state index contributed by atoms with van der Waals surface area (Å²) in [6.45, 7) is 3.88. The molecule has 0 spiro atoms. The van der Waals surface area contributed by atoms with Gasteiger partial charge < -0.3 is 14.8 Å². The van der Waals surface area contributed by atoms with E-state index in [1.165, 1.54) is 4.68 Å². The molecule has 0 unspecified atom stereocenters. The lowest BCUT2D eigenvalue weighted by molar-refractivity contribution is -0.118. The highest BCUT2D eigenvalue weighted by Crippen LogP contribution is 2.42. The Kier molecular flexibility index (Phi) is 5.16. The highest BCUT2D eigenvalue weighted by molar-refractivity contribution is 5.91. The first-order valence-corrected chi connectivity index (χ1v) is 12.3. The van der Waals surface area contributed by atoms with Gasteiger partial charge in [0.1, 0.15) is 11.4 Å². The molecule has 1 saturated carbocycles. The number of nitrogens with zero attached hydrogens (tertiary/aromatic N) is 3. The summed E-state index contributed by atoms with van der Waals surface area (Å²) >= 11 is 0. The third-order valence-corrected chi connectivity index (χ3v) is 6.78. The Morgan fingerprint density at radius 3 is 2.94 bits per heavy atom. The molecule has 9 nitrogen and oxygen atoms in total. The topological polar surface area (TPSA) is 111 Å². The zero-order valence-electron chi connectivity index (χ0n) is 20.0. The number of amides is 1. The molecule has 1 amide bonds. The molecule has 2 N–H and O–H groups in total. The van der Waals surface area contributed by atoms with E-state index in [1.54, 1.807) is 0 Å². The van der Waals surface area contributed by atoms with Crippen LogP contribution in [0, 0.1) is 0 Å². The van der Waals surface area contributed by atoms with E-state index >= 15 is 0 Å². The van der Waals surface area contributed by atoms with Crippen molar-refractivity contribution in [2.24, 2.45) is 0 Å². The van der Waals surface area contributed by atoms with Crippen molar-refractivity contribution < 1.29 is 14.3 Å². The maximum Gasteiger partial charge on any atom is 0.263 e. The van der Waals surface area contributed by atoms with E-state index in [4.69, 9.17) is 14.5 Å². The van der Waals surface area contributed by atoms with E-state index < -0.39 is 0 Å². The van der Waals surface area contributed by atoms with E-state index in [0.717, 1.165) is 67.5 Å². The van der Waals surface area contributed by atoms with Gasteiger partial charge in [0.25, 0.3) is 11.5 Å². The zero-order chi connectivity index (χ0) is 24.2. The first-order chi connectivity index (χ1) is 16.9. The van der Waals surface area contributed by atoms with Crippen LogP contribution in [0.15, 0.2) is 29.1 Å². The Balaban J connectivity index is 1.23. The Labute approximate surface area is 202 Å². The summed E-state index contributed by atoms with van der Waals surface area (Å²) in [5, 5.41) is 7.58. The second-order valence-electron chi connectivity index (χ2n) is 10.3. The molecular formula is C26H29N5O4. The molecule has 9 heteroatoms.